The van der Waals surface area contributed by atoms with Gasteiger partial charge in [0.2, 0.25) is 10.0 Å². The molecule has 2 atom stereocenters. The molecule has 0 aromatic heterocycles. The zero-order valence-electron chi connectivity index (χ0n) is 12.9. The number of hydrogen-bond donors (Lipinski definition) is 1. The number of ether oxygens (including phenoxy) is 1. The van der Waals surface area contributed by atoms with Crippen molar-refractivity contribution in [1.29, 1.82) is 0 Å². The Hall–Kier alpha value is -1.60. The molecule has 1 aliphatic rings. The SMILES string of the molecule is COc1ccc(S(=O)(=O)N2CCC[C@H](C(=O)O)[C@@H]2C)cc1C. The Balaban J connectivity index is 2.37. The van der Waals surface area contributed by atoms with Crippen LogP contribution in [0.15, 0.2) is 23.1 Å². The number of benzene rings is 1. The minimum atomic E-state index is -3.71. The number of carboxylic acid groups (broad SMARTS) is 1. The van der Waals surface area contributed by atoms with E-state index in [0.717, 1.165) is 5.56 Å². The molecule has 6 nitrogen and oxygen atoms in total. The molecule has 1 fully saturated rings. The van der Waals surface area contributed by atoms with E-state index in [1.807, 2.05) is 0 Å². The molecule has 7 heteroatoms. The molecule has 22 heavy (non-hydrogen) atoms. The summed E-state index contributed by atoms with van der Waals surface area (Å²) >= 11 is 0. The molecule has 1 saturated heterocycles. The highest BCUT2D eigenvalue weighted by atomic mass is 32.2. The van der Waals surface area contributed by atoms with Crippen LogP contribution in [0.25, 0.3) is 0 Å². The van der Waals surface area contributed by atoms with Crippen molar-refractivity contribution in [1.82, 2.24) is 4.31 Å². The maximum Gasteiger partial charge on any atom is 0.308 e. The van der Waals surface area contributed by atoms with Crippen molar-refractivity contribution in [3.05, 3.63) is 23.8 Å². The van der Waals surface area contributed by atoms with Crippen LogP contribution in [0.5, 0.6) is 5.75 Å². The van der Waals surface area contributed by atoms with Gasteiger partial charge in [-0.2, -0.15) is 4.31 Å². The fourth-order valence-corrected chi connectivity index (χ4v) is 4.72. The van der Waals surface area contributed by atoms with Gasteiger partial charge in [-0.3, -0.25) is 4.79 Å². The standard InChI is InChI=1S/C15H21NO5S/c1-10-9-12(6-7-14(10)21-3)22(19,20)16-8-4-5-13(11(16)2)15(17)18/h6-7,9,11,13H,4-5,8H2,1-3H3,(H,17,18)/t11-,13-/m0/s1. The van der Waals surface area contributed by atoms with E-state index >= 15 is 0 Å². The van der Waals surface area contributed by atoms with Gasteiger partial charge in [0, 0.05) is 12.6 Å². The van der Waals surface area contributed by atoms with Crippen LogP contribution in [0.1, 0.15) is 25.3 Å². The Morgan fingerprint density at radius 1 is 1.41 bits per heavy atom. The molecule has 1 aromatic rings. The first-order chi connectivity index (χ1) is 10.3. The van der Waals surface area contributed by atoms with Crippen molar-refractivity contribution >= 4 is 16.0 Å². The summed E-state index contributed by atoms with van der Waals surface area (Å²) in [7, 11) is -2.18. The van der Waals surface area contributed by atoms with Gasteiger partial charge in [0.1, 0.15) is 5.75 Å². The lowest BCUT2D eigenvalue weighted by Gasteiger charge is -2.36. The van der Waals surface area contributed by atoms with Gasteiger partial charge in [-0.1, -0.05) is 0 Å². The van der Waals surface area contributed by atoms with E-state index in [4.69, 9.17) is 4.74 Å². The second-order valence-corrected chi connectivity index (χ2v) is 7.47. The fourth-order valence-electron chi connectivity index (χ4n) is 2.93. The highest BCUT2D eigenvalue weighted by Gasteiger charge is 2.39. The molecule has 1 aromatic carbocycles. The molecule has 0 spiro atoms. The Kier molecular flexibility index (Phi) is 4.77. The Labute approximate surface area is 130 Å². The monoisotopic (exact) mass is 327 g/mol. The van der Waals surface area contributed by atoms with E-state index in [1.165, 1.54) is 17.5 Å². The summed E-state index contributed by atoms with van der Waals surface area (Å²) < 4.78 is 32.1. The number of methoxy groups -OCH3 is 1. The summed E-state index contributed by atoms with van der Waals surface area (Å²) in [5.74, 6) is -0.991. The molecule has 0 radical (unpaired) electrons. The second-order valence-electron chi connectivity index (χ2n) is 5.57. The number of rotatable bonds is 4. The second kappa shape index (κ2) is 6.26. The van der Waals surface area contributed by atoms with Gasteiger partial charge in [0.25, 0.3) is 0 Å². The van der Waals surface area contributed by atoms with Crippen LogP contribution < -0.4 is 4.74 Å². The van der Waals surface area contributed by atoms with E-state index in [9.17, 15) is 18.3 Å². The summed E-state index contributed by atoms with van der Waals surface area (Å²) in [6.45, 7) is 3.78. The van der Waals surface area contributed by atoms with Crippen molar-refractivity contribution < 1.29 is 23.1 Å². The maximum absolute atomic E-state index is 12.8. The van der Waals surface area contributed by atoms with Gasteiger partial charge in [-0.15, -0.1) is 0 Å². The van der Waals surface area contributed by atoms with E-state index in [1.54, 1.807) is 26.0 Å². The van der Waals surface area contributed by atoms with Crippen molar-refractivity contribution in [2.45, 2.75) is 37.6 Å². The molecule has 0 bridgehead atoms. The molecular formula is C15H21NO5S. The molecule has 0 unspecified atom stereocenters. The predicted octanol–water partition coefficient (Wildman–Crippen LogP) is 1.88. The smallest absolute Gasteiger partial charge is 0.308 e. The number of aryl methyl sites for hydroxylation is 1. The van der Waals surface area contributed by atoms with Crippen LogP contribution >= 0.6 is 0 Å². The van der Waals surface area contributed by atoms with E-state index in [-0.39, 0.29) is 4.90 Å². The van der Waals surface area contributed by atoms with Crippen LogP contribution in [0.2, 0.25) is 0 Å². The lowest BCUT2D eigenvalue weighted by Crippen LogP contribution is -2.48. The van der Waals surface area contributed by atoms with Crippen molar-refractivity contribution in [2.75, 3.05) is 13.7 Å². The number of sulfonamides is 1. The van der Waals surface area contributed by atoms with Gasteiger partial charge < -0.3 is 9.84 Å². The zero-order chi connectivity index (χ0) is 16.5. The van der Waals surface area contributed by atoms with Crippen LogP contribution in [0, 0.1) is 12.8 Å². The number of carbonyl (C=O) groups is 1. The highest BCUT2D eigenvalue weighted by molar-refractivity contribution is 7.89. The lowest BCUT2D eigenvalue weighted by molar-refractivity contribution is -0.144. The summed E-state index contributed by atoms with van der Waals surface area (Å²) in [5.41, 5.74) is 0.725. The van der Waals surface area contributed by atoms with Crippen LogP contribution in [-0.4, -0.2) is 43.5 Å². The minimum Gasteiger partial charge on any atom is -0.496 e. The number of piperidine rings is 1. The average Bonchev–Trinajstić information content (AvgIpc) is 2.46. The third kappa shape index (κ3) is 2.96. The first-order valence-corrected chi connectivity index (χ1v) is 8.62. The van der Waals surface area contributed by atoms with Gasteiger partial charge in [-0.25, -0.2) is 8.42 Å². The summed E-state index contributed by atoms with van der Waals surface area (Å²) in [5, 5.41) is 9.24. The number of nitrogens with zero attached hydrogens (tertiary/aromatic N) is 1. The topological polar surface area (TPSA) is 83.9 Å². The zero-order valence-corrected chi connectivity index (χ0v) is 13.8. The summed E-state index contributed by atoms with van der Waals surface area (Å²) in [6.07, 6.45) is 1.06. The lowest BCUT2D eigenvalue weighted by atomic mass is 9.92. The van der Waals surface area contributed by atoms with E-state index in [2.05, 4.69) is 0 Å². The molecule has 0 saturated carbocycles. The van der Waals surface area contributed by atoms with Gasteiger partial charge in [-0.05, 0) is 50.5 Å². The van der Waals surface area contributed by atoms with E-state index < -0.39 is 28.0 Å². The predicted molar refractivity (Wildman–Crippen MR) is 81.4 cm³/mol. The first-order valence-electron chi connectivity index (χ1n) is 7.18. The van der Waals surface area contributed by atoms with Crippen molar-refractivity contribution in [3.63, 3.8) is 0 Å². The first kappa shape index (κ1) is 16.8. The number of aliphatic carboxylic acids is 1. The molecule has 0 aliphatic carbocycles. The van der Waals surface area contributed by atoms with Crippen molar-refractivity contribution in [3.8, 4) is 5.75 Å². The van der Waals surface area contributed by atoms with Crippen LogP contribution in [0.4, 0.5) is 0 Å². The van der Waals surface area contributed by atoms with Gasteiger partial charge in [0.05, 0.1) is 17.9 Å². The average molecular weight is 327 g/mol. The summed E-state index contributed by atoms with van der Waals surface area (Å²) in [6, 6.07) is 4.12. The summed E-state index contributed by atoms with van der Waals surface area (Å²) in [4.78, 5) is 11.4. The Bertz CT molecular complexity index is 671. The Morgan fingerprint density at radius 2 is 2.09 bits per heavy atom. The minimum absolute atomic E-state index is 0.170. The van der Waals surface area contributed by atoms with Gasteiger partial charge in [0.15, 0.2) is 0 Å². The fraction of sp³-hybridized carbons (Fsp3) is 0.533. The third-order valence-electron chi connectivity index (χ3n) is 4.22. The van der Waals surface area contributed by atoms with Crippen LogP contribution in [0.3, 0.4) is 0 Å². The molecule has 0 amide bonds. The number of hydrogen-bond acceptors (Lipinski definition) is 4. The highest BCUT2D eigenvalue weighted by Crippen LogP contribution is 2.31. The molecular weight excluding hydrogens is 306 g/mol. The molecule has 1 heterocycles. The molecule has 2 rings (SSSR count). The normalized spacial score (nSPS) is 23.2. The van der Waals surface area contributed by atoms with E-state index in [0.29, 0.717) is 25.1 Å². The van der Waals surface area contributed by atoms with Gasteiger partial charge >= 0.3 is 5.97 Å². The maximum atomic E-state index is 12.8. The third-order valence-corrected chi connectivity index (χ3v) is 6.20. The Morgan fingerprint density at radius 3 is 2.64 bits per heavy atom. The number of carboxylic acids is 1. The molecule has 122 valence electrons. The molecule has 1 aliphatic heterocycles. The largest absolute Gasteiger partial charge is 0.496 e. The van der Waals surface area contributed by atoms with Crippen molar-refractivity contribution in [2.24, 2.45) is 5.92 Å². The molecule has 1 N–H and O–H groups in total. The van der Waals surface area contributed by atoms with Crippen LogP contribution in [-0.2, 0) is 14.8 Å². The quantitative estimate of drug-likeness (QED) is 0.913.